The quantitative estimate of drug-likeness (QED) is 0.198. The summed E-state index contributed by atoms with van der Waals surface area (Å²) in [6.07, 6.45) is 0. The van der Waals surface area contributed by atoms with Gasteiger partial charge in [0.1, 0.15) is 5.52 Å². The average molecular weight is 572 g/mol. The molecular weight excluding hydrogens is 546 g/mol. The first-order valence-electron chi connectivity index (χ1n) is 14.6. The minimum absolute atomic E-state index is 0.0221. The third kappa shape index (κ3) is 3.22. The van der Waals surface area contributed by atoms with E-state index in [-0.39, 0.29) is 11.3 Å². The number of benzene rings is 6. The molecule has 0 spiro atoms. The van der Waals surface area contributed by atoms with Crippen LogP contribution in [0.3, 0.4) is 0 Å². The van der Waals surface area contributed by atoms with Gasteiger partial charge < -0.3 is 4.42 Å². The Bertz CT molecular complexity index is 2620. The van der Waals surface area contributed by atoms with Crippen molar-refractivity contribution < 1.29 is 4.42 Å². The molecule has 0 saturated heterocycles. The molecule has 6 nitrogen and oxygen atoms in total. The van der Waals surface area contributed by atoms with Gasteiger partial charge in [-0.05, 0) is 62.4 Å². The van der Waals surface area contributed by atoms with Crippen molar-refractivity contribution in [3.8, 4) is 27.9 Å². The molecule has 2 aromatic heterocycles. The van der Waals surface area contributed by atoms with Gasteiger partial charge in [0.15, 0.2) is 5.58 Å². The molecule has 0 unspecified atom stereocenters. The van der Waals surface area contributed by atoms with E-state index in [9.17, 15) is 9.59 Å². The largest absolute Gasteiger partial charge is 0.422 e. The van der Waals surface area contributed by atoms with Crippen LogP contribution in [0.2, 0.25) is 0 Å². The summed E-state index contributed by atoms with van der Waals surface area (Å²) in [5.74, 6) is -0.0221. The first-order chi connectivity index (χ1) is 21.4. The van der Waals surface area contributed by atoms with Crippen molar-refractivity contribution in [3.63, 3.8) is 0 Å². The molecule has 1 aliphatic rings. The van der Waals surface area contributed by atoms with Crippen LogP contribution >= 0.6 is 0 Å². The Hall–Kier alpha value is -5.75. The van der Waals surface area contributed by atoms with Crippen molar-refractivity contribution in [2.75, 3.05) is 0 Å². The Morgan fingerprint density at radius 2 is 1.25 bits per heavy atom. The van der Waals surface area contributed by atoms with E-state index in [0.717, 1.165) is 37.2 Å². The number of oxazole rings is 1. The molecule has 0 aliphatic heterocycles. The highest BCUT2D eigenvalue weighted by molar-refractivity contribution is 6.23. The molecule has 1 aliphatic carbocycles. The van der Waals surface area contributed by atoms with Gasteiger partial charge in [-0.15, -0.1) is 4.98 Å². The van der Waals surface area contributed by atoms with Crippen LogP contribution in [0.1, 0.15) is 25.0 Å². The van der Waals surface area contributed by atoms with Gasteiger partial charge in [-0.2, -0.15) is 0 Å². The molecule has 44 heavy (non-hydrogen) atoms. The molecule has 2 heterocycles. The molecule has 210 valence electrons. The van der Waals surface area contributed by atoms with Gasteiger partial charge in [0.05, 0.1) is 5.69 Å². The topological polar surface area (TPSA) is 69.5 Å². The van der Waals surface area contributed by atoms with Gasteiger partial charge in [0.25, 0.3) is 0 Å². The molecule has 6 heteroatoms. The molecule has 9 rings (SSSR count). The number of hydrogen-bond acceptors (Lipinski definition) is 4. The zero-order chi connectivity index (χ0) is 29.7. The monoisotopic (exact) mass is 571 g/mol. The SMILES string of the molecule is CC1(C)c2ccccc2-c2ccc(-c3ccc(-n4c(=O)nc5oc6c7ccccc7c7ccccc7c6n5c4=O)cc3)cc21. The van der Waals surface area contributed by atoms with E-state index in [2.05, 4.69) is 61.3 Å². The van der Waals surface area contributed by atoms with E-state index in [1.165, 1.54) is 26.7 Å². The Kier molecular flexibility index (Phi) is 4.87. The van der Waals surface area contributed by atoms with Crippen molar-refractivity contribution in [2.45, 2.75) is 19.3 Å². The summed E-state index contributed by atoms with van der Waals surface area (Å²) in [5, 5.41) is 3.71. The molecule has 0 N–H and O–H groups in total. The number of fused-ring (bicyclic) bond motifs is 11. The molecule has 8 aromatic rings. The molecule has 6 aromatic carbocycles. The van der Waals surface area contributed by atoms with Crippen LogP contribution in [-0.2, 0) is 5.41 Å². The zero-order valence-corrected chi connectivity index (χ0v) is 24.0. The summed E-state index contributed by atoms with van der Waals surface area (Å²) in [7, 11) is 0. The first kappa shape index (κ1) is 24.8. The maximum Gasteiger partial charge on any atom is 0.360 e. The smallest absolute Gasteiger partial charge is 0.360 e. The summed E-state index contributed by atoms with van der Waals surface area (Å²) >= 11 is 0. The average Bonchev–Trinajstić information content (AvgIpc) is 3.55. The second kappa shape index (κ2) is 8.64. The molecule has 0 bridgehead atoms. The van der Waals surface area contributed by atoms with E-state index < -0.39 is 11.4 Å². The molecule has 0 radical (unpaired) electrons. The lowest BCUT2D eigenvalue weighted by Gasteiger charge is -2.22. The van der Waals surface area contributed by atoms with E-state index in [0.29, 0.717) is 16.8 Å². The fourth-order valence-corrected chi connectivity index (χ4v) is 7.12. The summed E-state index contributed by atoms with van der Waals surface area (Å²) in [6, 6.07) is 38.5. The van der Waals surface area contributed by atoms with Crippen molar-refractivity contribution in [1.82, 2.24) is 14.0 Å². The van der Waals surface area contributed by atoms with Gasteiger partial charge in [0.2, 0.25) is 0 Å². The third-order valence-electron chi connectivity index (χ3n) is 9.27. The summed E-state index contributed by atoms with van der Waals surface area (Å²) in [5.41, 5.74) is 7.49. The Morgan fingerprint density at radius 1 is 0.636 bits per heavy atom. The normalized spacial score (nSPS) is 13.6. The summed E-state index contributed by atoms with van der Waals surface area (Å²) < 4.78 is 8.64. The van der Waals surface area contributed by atoms with Gasteiger partial charge in [-0.1, -0.05) is 111 Å². The van der Waals surface area contributed by atoms with E-state index in [1.54, 1.807) is 12.1 Å². The van der Waals surface area contributed by atoms with Gasteiger partial charge >= 0.3 is 17.2 Å². The minimum Gasteiger partial charge on any atom is -0.422 e. The van der Waals surface area contributed by atoms with Crippen LogP contribution < -0.4 is 11.4 Å². The van der Waals surface area contributed by atoms with Crippen molar-refractivity contribution >= 4 is 38.5 Å². The van der Waals surface area contributed by atoms with Gasteiger partial charge in [-0.25, -0.2) is 18.6 Å². The van der Waals surface area contributed by atoms with E-state index in [1.807, 2.05) is 60.7 Å². The van der Waals surface area contributed by atoms with Crippen LogP contribution in [0.15, 0.2) is 129 Å². The number of rotatable bonds is 2. The highest BCUT2D eigenvalue weighted by atomic mass is 16.4. The molecule has 0 atom stereocenters. The fourth-order valence-electron chi connectivity index (χ4n) is 7.12. The van der Waals surface area contributed by atoms with Crippen LogP contribution in [0, 0.1) is 0 Å². The Morgan fingerprint density at radius 3 is 2.02 bits per heavy atom. The highest BCUT2D eigenvalue weighted by Crippen LogP contribution is 2.49. The predicted molar refractivity (Wildman–Crippen MR) is 175 cm³/mol. The number of nitrogens with zero attached hydrogens (tertiary/aromatic N) is 3. The standard InChI is InChI=1S/C38H25N3O3/c1-38(2)31-14-8-7-11-27(31)28-20-17-23(21-32(28)38)22-15-18-24(19-16-22)40-35(42)39-36-41(37(40)43)33-29-12-5-3-9-25(29)26-10-4-6-13-30(26)34(33)44-36/h3-21H,1-2H3. The van der Waals surface area contributed by atoms with Gasteiger partial charge in [-0.3, -0.25) is 0 Å². The summed E-state index contributed by atoms with van der Waals surface area (Å²) in [6.45, 7) is 4.53. The van der Waals surface area contributed by atoms with E-state index >= 15 is 0 Å². The van der Waals surface area contributed by atoms with Crippen LogP contribution in [0.5, 0.6) is 0 Å². The predicted octanol–water partition coefficient (Wildman–Crippen LogP) is 7.87. The Balaban J connectivity index is 1.21. The minimum atomic E-state index is -0.688. The molecule has 0 fully saturated rings. The first-order valence-corrected chi connectivity index (χ1v) is 14.6. The molecule has 0 saturated carbocycles. The number of aromatic nitrogens is 3. The lowest BCUT2D eigenvalue weighted by molar-refractivity contribution is 0.619. The lowest BCUT2D eigenvalue weighted by atomic mass is 9.81. The molecular formula is C38H25N3O3. The van der Waals surface area contributed by atoms with Gasteiger partial charge in [0, 0.05) is 16.2 Å². The lowest BCUT2D eigenvalue weighted by Crippen LogP contribution is -2.37. The second-order valence-electron chi connectivity index (χ2n) is 12.0. The summed E-state index contributed by atoms with van der Waals surface area (Å²) in [4.78, 5) is 31.6. The van der Waals surface area contributed by atoms with E-state index in [4.69, 9.17) is 4.42 Å². The highest BCUT2D eigenvalue weighted by Gasteiger charge is 2.35. The van der Waals surface area contributed by atoms with Crippen LogP contribution in [0.25, 0.3) is 66.4 Å². The van der Waals surface area contributed by atoms with Crippen LogP contribution in [-0.4, -0.2) is 14.0 Å². The van der Waals surface area contributed by atoms with Crippen LogP contribution in [0.4, 0.5) is 0 Å². The number of hydrogen-bond donors (Lipinski definition) is 0. The van der Waals surface area contributed by atoms with Crippen molar-refractivity contribution in [3.05, 3.63) is 147 Å². The molecule has 0 amide bonds. The third-order valence-corrected chi connectivity index (χ3v) is 9.27. The van der Waals surface area contributed by atoms with Crippen molar-refractivity contribution in [1.29, 1.82) is 0 Å². The Labute approximate surface area is 251 Å². The second-order valence-corrected chi connectivity index (χ2v) is 12.0. The fraction of sp³-hybridized carbons (Fsp3) is 0.0789. The maximum absolute atomic E-state index is 14.1. The maximum atomic E-state index is 14.1. The zero-order valence-electron chi connectivity index (χ0n) is 24.0. The van der Waals surface area contributed by atoms with Crippen molar-refractivity contribution in [2.24, 2.45) is 0 Å².